The molecular weight excluding hydrogens is 301 g/mol. The third kappa shape index (κ3) is 4.59. The highest BCUT2D eigenvalue weighted by Gasteiger charge is 2.11. The first-order valence-corrected chi connectivity index (χ1v) is 7.94. The molecule has 2 aromatic rings. The zero-order valence-corrected chi connectivity index (χ0v) is 12.1. The Morgan fingerprint density at radius 2 is 1.50 bits per heavy atom. The van der Waals surface area contributed by atoms with Gasteiger partial charge in [0.15, 0.2) is 0 Å². The summed E-state index contributed by atoms with van der Waals surface area (Å²) in [5, 5.41) is 0.600. The summed E-state index contributed by atoms with van der Waals surface area (Å²) in [4.78, 5) is 0. The highest BCUT2D eigenvalue weighted by molar-refractivity contribution is 7.88. The third-order valence-corrected chi connectivity index (χ3v) is 4.23. The van der Waals surface area contributed by atoms with Crippen molar-refractivity contribution in [2.45, 2.75) is 12.3 Å². The Morgan fingerprint density at radius 3 is 2.10 bits per heavy atom. The minimum Gasteiger partial charge on any atom is -0.212 e. The Kier molecular flexibility index (Phi) is 4.75. The van der Waals surface area contributed by atoms with Crippen molar-refractivity contribution in [1.82, 2.24) is 4.72 Å². The van der Waals surface area contributed by atoms with Crippen LogP contribution in [0.3, 0.4) is 0 Å². The lowest BCUT2D eigenvalue weighted by molar-refractivity contribution is 0.580. The molecule has 0 unspecified atom stereocenters. The van der Waals surface area contributed by atoms with E-state index in [-0.39, 0.29) is 18.1 Å². The van der Waals surface area contributed by atoms with E-state index in [9.17, 15) is 12.8 Å². The van der Waals surface area contributed by atoms with E-state index in [0.29, 0.717) is 10.6 Å². The molecule has 0 bridgehead atoms. The van der Waals surface area contributed by atoms with E-state index in [2.05, 4.69) is 4.72 Å². The Balaban J connectivity index is 1.97. The maximum absolute atomic E-state index is 12.7. The van der Waals surface area contributed by atoms with Crippen LogP contribution in [0.1, 0.15) is 11.1 Å². The van der Waals surface area contributed by atoms with Gasteiger partial charge in [0.25, 0.3) is 0 Å². The summed E-state index contributed by atoms with van der Waals surface area (Å²) in [6.07, 6.45) is 0. The summed E-state index contributed by atoms with van der Waals surface area (Å²) in [6.45, 7) is 0.195. The second-order valence-electron chi connectivity index (χ2n) is 4.33. The quantitative estimate of drug-likeness (QED) is 0.922. The number of rotatable bonds is 5. The fourth-order valence-electron chi connectivity index (χ4n) is 1.65. The second kappa shape index (κ2) is 6.35. The Labute approximate surface area is 122 Å². The molecule has 106 valence electrons. The Bertz CT molecular complexity index is 669. The van der Waals surface area contributed by atoms with Gasteiger partial charge in [-0.15, -0.1) is 0 Å². The van der Waals surface area contributed by atoms with Gasteiger partial charge >= 0.3 is 0 Å². The molecule has 0 spiro atoms. The number of nitrogens with one attached hydrogen (secondary N) is 1. The molecule has 0 aliphatic rings. The molecule has 2 aromatic carbocycles. The number of sulfonamides is 1. The van der Waals surface area contributed by atoms with E-state index in [1.807, 2.05) is 0 Å². The van der Waals surface area contributed by atoms with Crippen LogP contribution in [0, 0.1) is 5.82 Å². The van der Waals surface area contributed by atoms with Crippen molar-refractivity contribution >= 4 is 21.6 Å². The SMILES string of the molecule is O=S(=O)(Cc1ccc(F)cc1)NCc1ccc(Cl)cc1. The molecule has 0 saturated carbocycles. The molecule has 0 saturated heterocycles. The van der Waals surface area contributed by atoms with Crippen molar-refractivity contribution in [3.63, 3.8) is 0 Å². The smallest absolute Gasteiger partial charge is 0.212 e. The van der Waals surface area contributed by atoms with Gasteiger partial charge in [-0.2, -0.15) is 0 Å². The molecule has 2 rings (SSSR count). The van der Waals surface area contributed by atoms with E-state index in [4.69, 9.17) is 11.6 Å². The minimum absolute atomic E-state index is 0.180. The van der Waals surface area contributed by atoms with Crippen LogP contribution >= 0.6 is 11.6 Å². The zero-order valence-electron chi connectivity index (χ0n) is 10.5. The molecule has 0 aliphatic carbocycles. The van der Waals surface area contributed by atoms with Gasteiger partial charge in [-0.3, -0.25) is 0 Å². The monoisotopic (exact) mass is 313 g/mol. The molecule has 20 heavy (non-hydrogen) atoms. The molecule has 0 aromatic heterocycles. The topological polar surface area (TPSA) is 46.2 Å². The van der Waals surface area contributed by atoms with Gasteiger partial charge in [-0.25, -0.2) is 17.5 Å². The van der Waals surface area contributed by atoms with Crippen molar-refractivity contribution in [3.05, 3.63) is 70.5 Å². The molecule has 0 fully saturated rings. The average molecular weight is 314 g/mol. The van der Waals surface area contributed by atoms with E-state index in [1.165, 1.54) is 24.3 Å². The van der Waals surface area contributed by atoms with Crippen molar-refractivity contribution < 1.29 is 12.8 Å². The van der Waals surface area contributed by atoms with Gasteiger partial charge in [0, 0.05) is 11.6 Å². The maximum Gasteiger partial charge on any atom is 0.216 e. The van der Waals surface area contributed by atoms with Crippen molar-refractivity contribution in [2.24, 2.45) is 0 Å². The predicted octanol–water partition coefficient (Wildman–Crippen LogP) is 3.10. The number of hydrogen-bond donors (Lipinski definition) is 1. The van der Waals surface area contributed by atoms with Crippen LogP contribution in [0.25, 0.3) is 0 Å². The van der Waals surface area contributed by atoms with Gasteiger partial charge in [0.05, 0.1) is 5.75 Å². The molecular formula is C14H13ClFNO2S. The Morgan fingerprint density at radius 1 is 0.950 bits per heavy atom. The van der Waals surface area contributed by atoms with Crippen molar-refractivity contribution in [1.29, 1.82) is 0 Å². The summed E-state index contributed by atoms with van der Waals surface area (Å²) in [5.41, 5.74) is 1.35. The summed E-state index contributed by atoms with van der Waals surface area (Å²) in [6, 6.07) is 12.3. The first kappa shape index (κ1) is 15.0. The normalized spacial score (nSPS) is 11.5. The fraction of sp³-hybridized carbons (Fsp3) is 0.143. The predicted molar refractivity (Wildman–Crippen MR) is 77.3 cm³/mol. The first-order valence-electron chi connectivity index (χ1n) is 5.91. The molecule has 6 heteroatoms. The molecule has 3 nitrogen and oxygen atoms in total. The lowest BCUT2D eigenvalue weighted by Crippen LogP contribution is -2.24. The van der Waals surface area contributed by atoms with E-state index < -0.39 is 10.0 Å². The van der Waals surface area contributed by atoms with Crippen LogP contribution in [0.15, 0.2) is 48.5 Å². The van der Waals surface area contributed by atoms with Crippen LogP contribution in [0.2, 0.25) is 5.02 Å². The second-order valence-corrected chi connectivity index (χ2v) is 6.58. The van der Waals surface area contributed by atoms with Crippen molar-refractivity contribution in [2.75, 3.05) is 0 Å². The maximum atomic E-state index is 12.7. The summed E-state index contributed by atoms with van der Waals surface area (Å²) in [7, 11) is -3.46. The summed E-state index contributed by atoms with van der Waals surface area (Å²) >= 11 is 5.75. The van der Waals surface area contributed by atoms with E-state index >= 15 is 0 Å². The van der Waals surface area contributed by atoms with Crippen LogP contribution in [0.4, 0.5) is 4.39 Å². The fourth-order valence-corrected chi connectivity index (χ4v) is 2.89. The van der Waals surface area contributed by atoms with Gasteiger partial charge < -0.3 is 0 Å². The molecule has 0 heterocycles. The Hall–Kier alpha value is -1.43. The van der Waals surface area contributed by atoms with E-state index in [0.717, 1.165) is 5.56 Å². The highest BCUT2D eigenvalue weighted by atomic mass is 35.5. The van der Waals surface area contributed by atoms with Gasteiger partial charge in [-0.05, 0) is 35.4 Å². The molecule has 0 radical (unpaired) electrons. The number of benzene rings is 2. The lowest BCUT2D eigenvalue weighted by atomic mass is 10.2. The molecule has 0 atom stereocenters. The largest absolute Gasteiger partial charge is 0.216 e. The van der Waals surface area contributed by atoms with Gasteiger partial charge in [-0.1, -0.05) is 35.9 Å². The first-order chi connectivity index (χ1) is 9.44. The lowest BCUT2D eigenvalue weighted by Gasteiger charge is -2.07. The van der Waals surface area contributed by atoms with E-state index in [1.54, 1.807) is 24.3 Å². The summed E-state index contributed by atoms with van der Waals surface area (Å²) in [5.74, 6) is -0.568. The standard InChI is InChI=1S/C14H13ClFNO2S/c15-13-5-1-11(2-6-13)9-17-20(18,19)10-12-3-7-14(16)8-4-12/h1-8,17H,9-10H2. The highest BCUT2D eigenvalue weighted by Crippen LogP contribution is 2.11. The van der Waals surface area contributed by atoms with Crippen LogP contribution in [0.5, 0.6) is 0 Å². The van der Waals surface area contributed by atoms with Crippen LogP contribution < -0.4 is 4.72 Å². The van der Waals surface area contributed by atoms with Crippen molar-refractivity contribution in [3.8, 4) is 0 Å². The van der Waals surface area contributed by atoms with Crippen LogP contribution in [-0.4, -0.2) is 8.42 Å². The molecule has 1 N–H and O–H groups in total. The van der Waals surface area contributed by atoms with Crippen LogP contribution in [-0.2, 0) is 22.3 Å². The van der Waals surface area contributed by atoms with Gasteiger partial charge in [0.2, 0.25) is 10.0 Å². The average Bonchev–Trinajstić information content (AvgIpc) is 2.41. The third-order valence-electron chi connectivity index (χ3n) is 2.68. The number of hydrogen-bond acceptors (Lipinski definition) is 2. The zero-order chi connectivity index (χ0) is 14.6. The number of halogens is 2. The summed E-state index contributed by atoms with van der Waals surface area (Å²) < 4.78 is 39.0. The van der Waals surface area contributed by atoms with Gasteiger partial charge in [0.1, 0.15) is 5.82 Å². The molecule has 0 aliphatic heterocycles. The minimum atomic E-state index is -3.46. The molecule has 0 amide bonds.